The van der Waals surface area contributed by atoms with E-state index in [0.717, 1.165) is 0 Å². The smallest absolute Gasteiger partial charge is 0.317 e. The minimum atomic E-state index is -0.838. The van der Waals surface area contributed by atoms with Crippen LogP contribution in [0.3, 0.4) is 0 Å². The maximum absolute atomic E-state index is 11.5. The minimum Gasteiger partial charge on any atom is -0.481 e. The summed E-state index contributed by atoms with van der Waals surface area (Å²) >= 11 is 0. The largest absolute Gasteiger partial charge is 0.481 e. The highest BCUT2D eigenvalue weighted by molar-refractivity contribution is 5.83. The van der Waals surface area contributed by atoms with E-state index in [4.69, 9.17) is 10.8 Å². The summed E-state index contributed by atoms with van der Waals surface area (Å²) in [6.07, 6.45) is 0.818. The first kappa shape index (κ1) is 13.3. The molecule has 0 aromatic heterocycles. The Balaban J connectivity index is 2.44. The second-order valence-corrected chi connectivity index (χ2v) is 4.48. The Kier molecular flexibility index (Phi) is 3.93. The van der Waals surface area contributed by atoms with Gasteiger partial charge in [-0.05, 0) is 19.8 Å². The van der Waals surface area contributed by atoms with Crippen molar-refractivity contribution in [3.8, 4) is 0 Å². The molecule has 0 atom stereocenters. The number of rotatable bonds is 3. The van der Waals surface area contributed by atoms with Crippen LogP contribution in [-0.2, 0) is 9.59 Å². The summed E-state index contributed by atoms with van der Waals surface area (Å²) in [5.41, 5.74) is 4.14. The van der Waals surface area contributed by atoms with Crippen molar-refractivity contribution in [1.29, 1.82) is 0 Å². The fraction of sp³-hybridized carbons (Fsp3) is 0.700. The Bertz CT molecular complexity index is 334. The molecule has 0 spiro atoms. The van der Waals surface area contributed by atoms with Gasteiger partial charge in [0.05, 0.1) is 12.0 Å². The van der Waals surface area contributed by atoms with E-state index in [9.17, 15) is 14.4 Å². The standard InChI is InChI=1S/C10H17N3O4/c1-10(8(15)16)2-4-13(5-3-10)9(17)12-6-7(11)14/h2-6H2,1H3,(H2,11,14)(H,12,17)(H,15,16). The van der Waals surface area contributed by atoms with Gasteiger partial charge in [-0.25, -0.2) is 4.79 Å². The summed E-state index contributed by atoms with van der Waals surface area (Å²) < 4.78 is 0. The molecule has 0 aliphatic carbocycles. The summed E-state index contributed by atoms with van der Waals surface area (Å²) in [7, 11) is 0. The highest BCUT2D eigenvalue weighted by Crippen LogP contribution is 2.30. The van der Waals surface area contributed by atoms with Crippen molar-refractivity contribution in [1.82, 2.24) is 10.2 Å². The lowest BCUT2D eigenvalue weighted by Gasteiger charge is -2.36. The molecule has 0 radical (unpaired) electrons. The van der Waals surface area contributed by atoms with Gasteiger partial charge < -0.3 is 21.1 Å². The third-order valence-corrected chi connectivity index (χ3v) is 3.08. The van der Waals surface area contributed by atoms with E-state index in [1.54, 1.807) is 6.92 Å². The number of carboxylic acids is 1. The van der Waals surface area contributed by atoms with Gasteiger partial charge in [0.2, 0.25) is 5.91 Å². The molecule has 7 nitrogen and oxygen atoms in total. The number of nitrogens with one attached hydrogen (secondary N) is 1. The van der Waals surface area contributed by atoms with E-state index < -0.39 is 17.3 Å². The maximum atomic E-state index is 11.5. The van der Waals surface area contributed by atoms with Crippen molar-refractivity contribution in [3.63, 3.8) is 0 Å². The molecular formula is C10H17N3O4. The molecule has 0 saturated carbocycles. The van der Waals surface area contributed by atoms with Crippen molar-refractivity contribution >= 4 is 17.9 Å². The molecule has 0 unspecified atom stereocenters. The van der Waals surface area contributed by atoms with Gasteiger partial charge in [-0.15, -0.1) is 0 Å². The van der Waals surface area contributed by atoms with Crippen LogP contribution in [0.25, 0.3) is 0 Å². The molecule has 4 N–H and O–H groups in total. The van der Waals surface area contributed by atoms with Gasteiger partial charge in [0.25, 0.3) is 0 Å². The van der Waals surface area contributed by atoms with Gasteiger partial charge in [-0.1, -0.05) is 0 Å². The SMILES string of the molecule is CC1(C(=O)O)CCN(C(=O)NCC(N)=O)CC1. The van der Waals surface area contributed by atoms with Crippen LogP contribution in [0.2, 0.25) is 0 Å². The lowest BCUT2D eigenvalue weighted by molar-refractivity contribution is -0.150. The predicted octanol–water partition coefficient (Wildman–Crippen LogP) is -0.632. The summed E-state index contributed by atoms with van der Waals surface area (Å²) in [5.74, 6) is -1.44. The van der Waals surface area contributed by atoms with Crippen LogP contribution in [0.5, 0.6) is 0 Å². The average Bonchev–Trinajstić information content (AvgIpc) is 2.26. The summed E-state index contributed by atoms with van der Waals surface area (Å²) in [5, 5.41) is 11.4. The van der Waals surface area contributed by atoms with Crippen molar-refractivity contribution in [2.75, 3.05) is 19.6 Å². The zero-order valence-corrected chi connectivity index (χ0v) is 9.73. The highest BCUT2D eigenvalue weighted by atomic mass is 16.4. The van der Waals surface area contributed by atoms with Crippen LogP contribution in [0.1, 0.15) is 19.8 Å². The van der Waals surface area contributed by atoms with Crippen LogP contribution < -0.4 is 11.1 Å². The number of primary amides is 1. The monoisotopic (exact) mass is 243 g/mol. The van der Waals surface area contributed by atoms with Gasteiger partial charge >= 0.3 is 12.0 Å². The third-order valence-electron chi connectivity index (χ3n) is 3.08. The molecule has 0 aromatic carbocycles. The lowest BCUT2D eigenvalue weighted by Crippen LogP contribution is -2.49. The predicted molar refractivity (Wildman–Crippen MR) is 59.1 cm³/mol. The van der Waals surface area contributed by atoms with E-state index >= 15 is 0 Å². The molecule has 17 heavy (non-hydrogen) atoms. The Morgan fingerprint density at radius 3 is 2.29 bits per heavy atom. The highest BCUT2D eigenvalue weighted by Gasteiger charge is 2.37. The van der Waals surface area contributed by atoms with Gasteiger partial charge in [0.1, 0.15) is 0 Å². The second-order valence-electron chi connectivity index (χ2n) is 4.48. The maximum Gasteiger partial charge on any atom is 0.317 e. The number of hydrogen-bond acceptors (Lipinski definition) is 3. The normalized spacial score (nSPS) is 18.5. The van der Waals surface area contributed by atoms with Crippen molar-refractivity contribution in [3.05, 3.63) is 0 Å². The zero-order chi connectivity index (χ0) is 13.1. The van der Waals surface area contributed by atoms with Crippen LogP contribution >= 0.6 is 0 Å². The number of aliphatic carboxylic acids is 1. The molecular weight excluding hydrogens is 226 g/mol. The van der Waals surface area contributed by atoms with Crippen LogP contribution in [0.4, 0.5) is 4.79 Å². The lowest BCUT2D eigenvalue weighted by atomic mass is 9.80. The number of nitrogens with zero attached hydrogens (tertiary/aromatic N) is 1. The number of carboxylic acid groups (broad SMARTS) is 1. The fourth-order valence-corrected chi connectivity index (χ4v) is 1.69. The second kappa shape index (κ2) is 5.03. The molecule has 1 saturated heterocycles. The minimum absolute atomic E-state index is 0.203. The summed E-state index contributed by atoms with van der Waals surface area (Å²) in [6, 6.07) is -0.378. The molecule has 1 fully saturated rings. The van der Waals surface area contributed by atoms with E-state index in [1.165, 1.54) is 4.90 Å². The number of nitrogens with two attached hydrogens (primary N) is 1. The van der Waals surface area contributed by atoms with Crippen LogP contribution in [0, 0.1) is 5.41 Å². The summed E-state index contributed by atoms with van der Waals surface area (Å²) in [6.45, 7) is 2.21. The van der Waals surface area contributed by atoms with E-state index in [2.05, 4.69) is 5.32 Å². The number of hydrogen-bond donors (Lipinski definition) is 3. The third kappa shape index (κ3) is 3.33. The quantitative estimate of drug-likeness (QED) is 0.612. The Hall–Kier alpha value is -1.79. The number of urea groups is 1. The van der Waals surface area contributed by atoms with Crippen molar-refractivity contribution < 1.29 is 19.5 Å². The van der Waals surface area contributed by atoms with Crippen LogP contribution in [0.15, 0.2) is 0 Å². The van der Waals surface area contributed by atoms with Crippen molar-refractivity contribution in [2.45, 2.75) is 19.8 Å². The summed E-state index contributed by atoms with van der Waals surface area (Å²) in [4.78, 5) is 34.5. The molecule has 0 aromatic rings. The molecule has 96 valence electrons. The fourth-order valence-electron chi connectivity index (χ4n) is 1.69. The zero-order valence-electron chi connectivity index (χ0n) is 9.73. The number of amides is 3. The van der Waals surface area contributed by atoms with Gasteiger partial charge in [-0.2, -0.15) is 0 Å². The van der Waals surface area contributed by atoms with Gasteiger partial charge in [-0.3, -0.25) is 9.59 Å². The first-order chi connectivity index (χ1) is 7.85. The van der Waals surface area contributed by atoms with Crippen LogP contribution in [-0.4, -0.2) is 47.5 Å². The van der Waals surface area contributed by atoms with E-state index in [0.29, 0.717) is 25.9 Å². The molecule has 1 aliphatic heterocycles. The average molecular weight is 243 g/mol. The first-order valence-corrected chi connectivity index (χ1v) is 5.39. The topological polar surface area (TPSA) is 113 Å². The first-order valence-electron chi connectivity index (χ1n) is 5.39. The molecule has 0 bridgehead atoms. The number of likely N-dealkylation sites (tertiary alicyclic amines) is 1. The van der Waals surface area contributed by atoms with Crippen molar-refractivity contribution in [2.24, 2.45) is 11.1 Å². The van der Waals surface area contributed by atoms with E-state index in [-0.39, 0.29) is 12.6 Å². The number of piperidine rings is 1. The molecule has 1 rings (SSSR count). The van der Waals surface area contributed by atoms with E-state index in [1.807, 2.05) is 0 Å². The van der Waals surface area contributed by atoms with Gasteiger partial charge in [0.15, 0.2) is 0 Å². The van der Waals surface area contributed by atoms with Gasteiger partial charge in [0, 0.05) is 13.1 Å². The Morgan fingerprint density at radius 1 is 1.35 bits per heavy atom. The number of carbonyl (C=O) groups excluding carboxylic acids is 2. The number of carbonyl (C=O) groups is 3. The molecule has 3 amide bonds. The Morgan fingerprint density at radius 2 is 1.88 bits per heavy atom. The molecule has 1 aliphatic rings. The Labute approximate surface area is 98.9 Å². The molecule has 7 heteroatoms. The molecule has 1 heterocycles.